The first-order chi connectivity index (χ1) is 10.4. The normalized spacial score (nSPS) is 23.9. The number of carbonyl (C=O) groups is 2. The summed E-state index contributed by atoms with van der Waals surface area (Å²) in [5.41, 5.74) is -0.461. The van der Waals surface area contributed by atoms with Crippen LogP contribution in [0, 0.1) is 5.92 Å². The van der Waals surface area contributed by atoms with Gasteiger partial charge in [-0.1, -0.05) is 42.5 Å². The largest absolute Gasteiger partial charge is 0.481 e. The van der Waals surface area contributed by atoms with Gasteiger partial charge in [-0.2, -0.15) is 0 Å². The van der Waals surface area contributed by atoms with E-state index in [1.54, 1.807) is 0 Å². The van der Waals surface area contributed by atoms with Gasteiger partial charge < -0.3 is 14.9 Å². The first kappa shape index (κ1) is 16.1. The van der Waals surface area contributed by atoms with Gasteiger partial charge in [0.2, 0.25) is 0 Å². The van der Waals surface area contributed by atoms with E-state index >= 15 is 0 Å². The Bertz CT molecular complexity index is 617. The van der Waals surface area contributed by atoms with Crippen LogP contribution in [0.2, 0.25) is 0 Å². The molecule has 1 aliphatic carbocycles. The van der Waals surface area contributed by atoms with Gasteiger partial charge >= 0.3 is 5.97 Å². The van der Waals surface area contributed by atoms with E-state index in [0.717, 1.165) is 5.56 Å². The smallest absolute Gasteiger partial charge is 0.313 e. The molecule has 5 nitrogen and oxygen atoms in total. The Kier molecular flexibility index (Phi) is 4.90. The molecule has 0 fully saturated rings. The summed E-state index contributed by atoms with van der Waals surface area (Å²) in [6, 6.07) is 9.38. The zero-order valence-electron chi connectivity index (χ0n) is 12.2. The molecule has 0 aliphatic heterocycles. The molecule has 2 rings (SSSR count). The number of rotatable bonds is 6. The number of carboxylic acids is 1. The molecular formula is C17H18O5. The summed E-state index contributed by atoms with van der Waals surface area (Å²) in [6.45, 7) is 1.45. The lowest BCUT2D eigenvalue weighted by Crippen LogP contribution is -2.45. The molecule has 0 saturated carbocycles. The van der Waals surface area contributed by atoms with E-state index in [0.29, 0.717) is 0 Å². The van der Waals surface area contributed by atoms with E-state index in [-0.39, 0.29) is 24.6 Å². The maximum absolute atomic E-state index is 11.4. The van der Waals surface area contributed by atoms with Gasteiger partial charge in [0.15, 0.2) is 5.78 Å². The molecule has 0 spiro atoms. The summed E-state index contributed by atoms with van der Waals surface area (Å²) in [7, 11) is 0. The highest BCUT2D eigenvalue weighted by Gasteiger charge is 2.41. The molecule has 116 valence electrons. The predicted molar refractivity (Wildman–Crippen MR) is 80.1 cm³/mol. The lowest BCUT2D eigenvalue weighted by atomic mass is 9.81. The van der Waals surface area contributed by atoms with Crippen LogP contribution in [-0.4, -0.2) is 34.2 Å². The van der Waals surface area contributed by atoms with Crippen LogP contribution in [0.4, 0.5) is 0 Å². The second-order valence-electron chi connectivity index (χ2n) is 5.30. The SMILES string of the molecule is CC(=O)C1=CC(C(=O)O)C(O)(COCc2ccccc2)C=C1. The number of ether oxygens (including phenoxy) is 1. The summed E-state index contributed by atoms with van der Waals surface area (Å²) < 4.78 is 5.46. The number of carboxylic acid groups (broad SMARTS) is 1. The number of Topliss-reactive ketones (excluding diaryl/α,β-unsaturated/α-hetero) is 1. The molecule has 2 unspecified atom stereocenters. The van der Waals surface area contributed by atoms with Gasteiger partial charge in [0.1, 0.15) is 11.5 Å². The van der Waals surface area contributed by atoms with Crippen LogP contribution in [0.5, 0.6) is 0 Å². The zero-order valence-corrected chi connectivity index (χ0v) is 12.2. The molecule has 1 aromatic carbocycles. The van der Waals surface area contributed by atoms with Crippen LogP contribution in [0.3, 0.4) is 0 Å². The highest BCUT2D eigenvalue weighted by molar-refractivity contribution is 5.97. The quantitative estimate of drug-likeness (QED) is 0.836. The van der Waals surface area contributed by atoms with Crippen LogP contribution in [0.15, 0.2) is 54.1 Å². The van der Waals surface area contributed by atoms with E-state index in [9.17, 15) is 19.8 Å². The molecule has 5 heteroatoms. The van der Waals surface area contributed by atoms with Crippen molar-refractivity contribution >= 4 is 11.8 Å². The zero-order chi connectivity index (χ0) is 16.2. The number of ketones is 1. The molecular weight excluding hydrogens is 284 g/mol. The molecule has 22 heavy (non-hydrogen) atoms. The lowest BCUT2D eigenvalue weighted by molar-refractivity contribution is -0.149. The summed E-state index contributed by atoms with van der Waals surface area (Å²) in [6.07, 6.45) is 4.04. The van der Waals surface area contributed by atoms with Gasteiger partial charge in [0.05, 0.1) is 13.2 Å². The monoisotopic (exact) mass is 302 g/mol. The number of benzene rings is 1. The van der Waals surface area contributed by atoms with Gasteiger partial charge in [-0.05, 0) is 18.6 Å². The predicted octanol–water partition coefficient (Wildman–Crippen LogP) is 1.72. The van der Waals surface area contributed by atoms with Gasteiger partial charge in [-0.15, -0.1) is 0 Å². The van der Waals surface area contributed by atoms with Crippen molar-refractivity contribution in [2.75, 3.05) is 6.61 Å². The van der Waals surface area contributed by atoms with Crippen molar-refractivity contribution in [2.45, 2.75) is 19.1 Å². The van der Waals surface area contributed by atoms with Crippen molar-refractivity contribution < 1.29 is 24.5 Å². The number of aliphatic carboxylic acids is 1. The van der Waals surface area contributed by atoms with Gasteiger partial charge in [-0.25, -0.2) is 0 Å². The topological polar surface area (TPSA) is 83.8 Å². The fourth-order valence-electron chi connectivity index (χ4n) is 2.28. The van der Waals surface area contributed by atoms with E-state index in [1.165, 1.54) is 25.2 Å². The van der Waals surface area contributed by atoms with Crippen molar-refractivity contribution in [2.24, 2.45) is 5.92 Å². The number of allylic oxidation sites excluding steroid dienone is 2. The molecule has 2 atom stereocenters. The van der Waals surface area contributed by atoms with Crippen molar-refractivity contribution in [1.82, 2.24) is 0 Å². The maximum Gasteiger partial charge on any atom is 0.313 e. The average Bonchev–Trinajstić information content (AvgIpc) is 2.48. The number of aliphatic hydroxyl groups is 1. The van der Waals surface area contributed by atoms with Crippen LogP contribution in [0.25, 0.3) is 0 Å². The summed E-state index contributed by atoms with van der Waals surface area (Å²) in [4.78, 5) is 22.7. The molecule has 0 heterocycles. The molecule has 0 amide bonds. The van der Waals surface area contributed by atoms with Crippen LogP contribution in [-0.2, 0) is 20.9 Å². The third kappa shape index (κ3) is 3.69. The number of hydrogen-bond acceptors (Lipinski definition) is 4. The Morgan fingerprint density at radius 2 is 1.95 bits per heavy atom. The average molecular weight is 302 g/mol. The van der Waals surface area contributed by atoms with Crippen LogP contribution >= 0.6 is 0 Å². The Labute approximate surface area is 128 Å². The fourth-order valence-corrected chi connectivity index (χ4v) is 2.28. The molecule has 0 bridgehead atoms. The number of carbonyl (C=O) groups excluding carboxylic acids is 1. The van der Waals surface area contributed by atoms with Crippen molar-refractivity contribution in [1.29, 1.82) is 0 Å². The van der Waals surface area contributed by atoms with E-state index in [2.05, 4.69) is 0 Å². The summed E-state index contributed by atoms with van der Waals surface area (Å²) in [5, 5.41) is 19.8. The summed E-state index contributed by atoms with van der Waals surface area (Å²) in [5.74, 6) is -2.66. The van der Waals surface area contributed by atoms with E-state index < -0.39 is 17.5 Å². The summed E-state index contributed by atoms with van der Waals surface area (Å²) >= 11 is 0. The van der Waals surface area contributed by atoms with E-state index in [1.807, 2.05) is 30.3 Å². The minimum atomic E-state index is -1.67. The molecule has 0 aromatic heterocycles. The molecule has 1 aromatic rings. The standard InChI is InChI=1S/C17H18O5/c1-12(18)14-7-8-17(21,15(9-14)16(19)20)11-22-10-13-5-3-2-4-6-13/h2-9,15,21H,10-11H2,1H3,(H,19,20). The Hall–Kier alpha value is -2.24. The highest BCUT2D eigenvalue weighted by atomic mass is 16.5. The fraction of sp³-hybridized carbons (Fsp3) is 0.294. The highest BCUT2D eigenvalue weighted by Crippen LogP contribution is 2.28. The second-order valence-corrected chi connectivity index (χ2v) is 5.30. The number of hydrogen-bond donors (Lipinski definition) is 2. The third-order valence-electron chi connectivity index (χ3n) is 3.55. The Morgan fingerprint density at radius 3 is 2.55 bits per heavy atom. The first-order valence-corrected chi connectivity index (χ1v) is 6.91. The Morgan fingerprint density at radius 1 is 1.27 bits per heavy atom. The Balaban J connectivity index is 2.06. The first-order valence-electron chi connectivity index (χ1n) is 6.91. The lowest BCUT2D eigenvalue weighted by Gasteiger charge is -2.31. The van der Waals surface area contributed by atoms with Crippen LogP contribution in [0.1, 0.15) is 12.5 Å². The molecule has 2 N–H and O–H groups in total. The molecule has 0 saturated heterocycles. The molecule has 1 aliphatic rings. The van der Waals surface area contributed by atoms with Gasteiger partial charge in [-0.3, -0.25) is 9.59 Å². The third-order valence-corrected chi connectivity index (χ3v) is 3.55. The van der Waals surface area contributed by atoms with Crippen LogP contribution < -0.4 is 0 Å². The van der Waals surface area contributed by atoms with Gasteiger partial charge in [0.25, 0.3) is 0 Å². The van der Waals surface area contributed by atoms with Gasteiger partial charge in [0, 0.05) is 5.57 Å². The maximum atomic E-state index is 11.4. The second kappa shape index (κ2) is 6.68. The minimum Gasteiger partial charge on any atom is -0.481 e. The van der Waals surface area contributed by atoms with E-state index in [4.69, 9.17) is 4.74 Å². The van der Waals surface area contributed by atoms with Crippen molar-refractivity contribution in [3.63, 3.8) is 0 Å². The van der Waals surface area contributed by atoms with Crippen molar-refractivity contribution in [3.8, 4) is 0 Å². The molecule has 0 radical (unpaired) electrons. The minimum absolute atomic E-state index is 0.170. The van der Waals surface area contributed by atoms with Crippen molar-refractivity contribution in [3.05, 3.63) is 59.7 Å².